The van der Waals surface area contributed by atoms with Crippen LogP contribution in [0.1, 0.15) is 18.5 Å². The molecule has 0 unspecified atom stereocenters. The number of aromatic nitrogens is 2. The Kier molecular flexibility index (Phi) is 5.22. The number of carbonyl (C=O) groups is 1. The zero-order valence-electron chi connectivity index (χ0n) is 12.6. The van der Waals surface area contributed by atoms with Gasteiger partial charge in [-0.3, -0.25) is 9.36 Å². The van der Waals surface area contributed by atoms with Crippen molar-refractivity contribution in [1.29, 1.82) is 0 Å². The van der Waals surface area contributed by atoms with Crippen molar-refractivity contribution in [3.63, 3.8) is 0 Å². The Hall–Kier alpha value is -2.84. The maximum Gasteiger partial charge on any atom is 0.573 e. The first-order valence-corrected chi connectivity index (χ1v) is 6.91. The van der Waals surface area contributed by atoms with Gasteiger partial charge >= 0.3 is 12.1 Å². The summed E-state index contributed by atoms with van der Waals surface area (Å²) in [6.07, 6.45) is -1.99. The Balaban J connectivity index is 1.96. The number of hydrogen-bond donors (Lipinski definition) is 1. The Morgan fingerprint density at radius 2 is 2.00 bits per heavy atom. The third kappa shape index (κ3) is 5.11. The molecule has 128 valence electrons. The molecule has 2 aromatic rings. The molecule has 0 aliphatic carbocycles. The monoisotopic (exact) mass is 341 g/mol. The molecule has 24 heavy (non-hydrogen) atoms. The Bertz CT molecular complexity index is 757. The van der Waals surface area contributed by atoms with Crippen LogP contribution in [0.3, 0.4) is 0 Å². The van der Waals surface area contributed by atoms with E-state index >= 15 is 0 Å². The van der Waals surface area contributed by atoms with Crippen LogP contribution in [0.4, 0.5) is 13.2 Å². The molecule has 0 bridgehead atoms. The van der Waals surface area contributed by atoms with Crippen molar-refractivity contribution >= 4 is 5.91 Å². The number of nitrogens with zero attached hydrogens (tertiary/aromatic N) is 2. The van der Waals surface area contributed by atoms with Gasteiger partial charge in [0.1, 0.15) is 12.3 Å². The lowest BCUT2D eigenvalue weighted by Gasteiger charge is -2.15. The zero-order chi connectivity index (χ0) is 17.7. The molecule has 1 aromatic heterocycles. The number of halogens is 3. The summed E-state index contributed by atoms with van der Waals surface area (Å²) in [6, 6.07) is 6.24. The normalized spacial score (nSPS) is 12.5. The summed E-state index contributed by atoms with van der Waals surface area (Å²) in [4.78, 5) is 26.9. The topological polar surface area (TPSA) is 73.2 Å². The van der Waals surface area contributed by atoms with Gasteiger partial charge in [0.15, 0.2) is 0 Å². The Labute approximate surface area is 134 Å². The van der Waals surface area contributed by atoms with Gasteiger partial charge in [-0.1, -0.05) is 12.1 Å². The summed E-state index contributed by atoms with van der Waals surface area (Å²) in [6.45, 7) is 1.47. The average Bonchev–Trinajstić information content (AvgIpc) is 2.48. The molecular formula is C15H14F3N3O3. The van der Waals surface area contributed by atoms with Gasteiger partial charge in [0.05, 0.1) is 6.04 Å². The van der Waals surface area contributed by atoms with E-state index in [-0.39, 0.29) is 12.3 Å². The second-order valence-corrected chi connectivity index (χ2v) is 4.94. The smallest absolute Gasteiger partial charge is 0.406 e. The predicted molar refractivity (Wildman–Crippen MR) is 78.2 cm³/mol. The van der Waals surface area contributed by atoms with Crippen LogP contribution in [0.2, 0.25) is 0 Å². The molecule has 0 saturated carbocycles. The van der Waals surface area contributed by atoms with Gasteiger partial charge in [-0.25, -0.2) is 9.78 Å². The first-order valence-electron chi connectivity index (χ1n) is 6.91. The molecule has 1 N–H and O–H groups in total. The highest BCUT2D eigenvalue weighted by atomic mass is 19.4. The van der Waals surface area contributed by atoms with Crippen molar-refractivity contribution in [3.8, 4) is 5.75 Å². The highest BCUT2D eigenvalue weighted by Gasteiger charge is 2.31. The van der Waals surface area contributed by atoms with E-state index in [2.05, 4.69) is 15.0 Å². The second-order valence-electron chi connectivity index (χ2n) is 4.94. The van der Waals surface area contributed by atoms with Gasteiger partial charge in [0, 0.05) is 12.4 Å². The van der Waals surface area contributed by atoms with Crippen molar-refractivity contribution in [3.05, 3.63) is 58.8 Å². The van der Waals surface area contributed by atoms with Crippen molar-refractivity contribution < 1.29 is 22.7 Å². The van der Waals surface area contributed by atoms with Gasteiger partial charge in [-0.15, -0.1) is 13.2 Å². The van der Waals surface area contributed by atoms with Gasteiger partial charge in [-0.05, 0) is 30.7 Å². The minimum atomic E-state index is -4.75. The molecule has 6 nitrogen and oxygen atoms in total. The molecule has 1 atom stereocenters. The van der Waals surface area contributed by atoms with Crippen LogP contribution in [0, 0.1) is 0 Å². The van der Waals surface area contributed by atoms with Crippen LogP contribution in [0.15, 0.2) is 47.5 Å². The number of amides is 1. The Morgan fingerprint density at radius 1 is 1.33 bits per heavy atom. The fourth-order valence-electron chi connectivity index (χ4n) is 1.99. The van der Waals surface area contributed by atoms with Crippen LogP contribution >= 0.6 is 0 Å². The molecule has 9 heteroatoms. The standard InChI is InChI=1S/C15H14F3N3O3/c1-10(11-3-5-12(6-4-11)24-15(16,17)18)20-13(22)9-21-8-2-7-19-14(21)23/h2-8,10H,9H2,1H3,(H,20,22)/t10-/m0/s1. The number of ether oxygens (including phenoxy) is 1. The van der Waals surface area contributed by atoms with Gasteiger partial charge in [0.2, 0.25) is 5.91 Å². The van der Waals surface area contributed by atoms with Gasteiger partial charge in [0.25, 0.3) is 0 Å². The van der Waals surface area contributed by atoms with E-state index in [1.54, 1.807) is 6.92 Å². The van der Waals surface area contributed by atoms with Crippen LogP contribution in [0.5, 0.6) is 5.75 Å². The third-order valence-electron chi connectivity index (χ3n) is 3.09. The summed E-state index contributed by atoms with van der Waals surface area (Å²) in [7, 11) is 0. The molecule has 0 saturated heterocycles. The maximum atomic E-state index is 12.1. The van der Waals surface area contributed by atoms with E-state index in [9.17, 15) is 22.8 Å². The van der Waals surface area contributed by atoms with E-state index in [0.717, 1.165) is 16.7 Å². The first-order chi connectivity index (χ1) is 11.2. The third-order valence-corrected chi connectivity index (χ3v) is 3.09. The second kappa shape index (κ2) is 7.16. The lowest BCUT2D eigenvalue weighted by atomic mass is 10.1. The van der Waals surface area contributed by atoms with E-state index in [1.807, 2.05) is 0 Å². The minimum absolute atomic E-state index is 0.202. The molecule has 0 spiro atoms. The van der Waals surface area contributed by atoms with E-state index in [4.69, 9.17) is 0 Å². The number of nitrogens with one attached hydrogen (secondary N) is 1. The van der Waals surface area contributed by atoms with E-state index < -0.39 is 24.0 Å². The molecule has 0 aliphatic heterocycles. The summed E-state index contributed by atoms with van der Waals surface area (Å²) >= 11 is 0. The van der Waals surface area contributed by atoms with Crippen LogP contribution in [-0.4, -0.2) is 21.8 Å². The van der Waals surface area contributed by atoms with Crippen molar-refractivity contribution in [2.75, 3.05) is 0 Å². The first kappa shape index (κ1) is 17.5. The molecule has 1 aromatic carbocycles. The van der Waals surface area contributed by atoms with Crippen molar-refractivity contribution in [2.45, 2.75) is 25.9 Å². The largest absolute Gasteiger partial charge is 0.573 e. The number of alkyl halides is 3. The molecule has 0 fully saturated rings. The summed E-state index contributed by atoms with van der Waals surface area (Å²) < 4.78 is 41.2. The number of hydrogen-bond acceptors (Lipinski definition) is 4. The van der Waals surface area contributed by atoms with Crippen molar-refractivity contribution in [1.82, 2.24) is 14.9 Å². The molecule has 1 heterocycles. The highest BCUT2D eigenvalue weighted by Crippen LogP contribution is 2.24. The average molecular weight is 341 g/mol. The summed E-state index contributed by atoms with van der Waals surface area (Å²) in [5.74, 6) is -0.764. The number of benzene rings is 1. The fourth-order valence-corrected chi connectivity index (χ4v) is 1.99. The van der Waals surface area contributed by atoms with E-state index in [1.165, 1.54) is 30.6 Å². The van der Waals surface area contributed by atoms with Crippen LogP contribution in [0.25, 0.3) is 0 Å². The van der Waals surface area contributed by atoms with Crippen LogP contribution < -0.4 is 15.7 Å². The molecule has 1 amide bonds. The van der Waals surface area contributed by atoms with E-state index in [0.29, 0.717) is 5.56 Å². The predicted octanol–water partition coefficient (Wildman–Crippen LogP) is 2.02. The minimum Gasteiger partial charge on any atom is -0.406 e. The quantitative estimate of drug-likeness (QED) is 0.903. The highest BCUT2D eigenvalue weighted by molar-refractivity contribution is 5.76. The van der Waals surface area contributed by atoms with Crippen molar-refractivity contribution in [2.24, 2.45) is 0 Å². The Morgan fingerprint density at radius 3 is 2.58 bits per heavy atom. The number of carbonyl (C=O) groups excluding carboxylic acids is 1. The van der Waals surface area contributed by atoms with Crippen LogP contribution in [-0.2, 0) is 11.3 Å². The lowest BCUT2D eigenvalue weighted by Crippen LogP contribution is -2.34. The lowest BCUT2D eigenvalue weighted by molar-refractivity contribution is -0.274. The van der Waals surface area contributed by atoms with Gasteiger partial charge < -0.3 is 10.1 Å². The molecule has 0 radical (unpaired) electrons. The molecule has 2 rings (SSSR count). The fraction of sp³-hybridized carbons (Fsp3) is 0.267. The summed E-state index contributed by atoms with van der Waals surface area (Å²) in [5.41, 5.74) is 0.0466. The molecular weight excluding hydrogens is 327 g/mol. The number of rotatable bonds is 5. The maximum absolute atomic E-state index is 12.1. The molecule has 0 aliphatic rings. The summed E-state index contributed by atoms with van der Waals surface area (Å²) in [5, 5.41) is 2.65. The zero-order valence-corrected chi connectivity index (χ0v) is 12.6. The SMILES string of the molecule is C[C@H](NC(=O)Cn1cccnc1=O)c1ccc(OC(F)(F)F)cc1. The van der Waals surface area contributed by atoms with Gasteiger partial charge in [-0.2, -0.15) is 0 Å².